The molecule has 0 aliphatic carbocycles. The highest BCUT2D eigenvalue weighted by atomic mass is 16.7. The van der Waals surface area contributed by atoms with E-state index in [1.165, 1.54) is 6.08 Å². The van der Waals surface area contributed by atoms with Gasteiger partial charge in [-0.25, -0.2) is 0 Å². The van der Waals surface area contributed by atoms with Gasteiger partial charge < -0.3 is 14.8 Å². The van der Waals surface area contributed by atoms with Gasteiger partial charge in [0.15, 0.2) is 11.5 Å². The highest BCUT2D eigenvalue weighted by Crippen LogP contribution is 2.34. The molecule has 19 heavy (non-hydrogen) atoms. The lowest BCUT2D eigenvalue weighted by Crippen LogP contribution is -2.43. The Kier molecular flexibility index (Phi) is 2.71. The average molecular weight is 261 g/mol. The molecule has 0 unspecified atom stereocenters. The Morgan fingerprint density at radius 3 is 2.84 bits per heavy atom. The fourth-order valence-corrected chi connectivity index (χ4v) is 1.76. The van der Waals surface area contributed by atoms with E-state index in [4.69, 9.17) is 9.47 Å². The molecule has 2 amide bonds. The summed E-state index contributed by atoms with van der Waals surface area (Å²) < 4.78 is 10.4. The van der Waals surface area contributed by atoms with Gasteiger partial charge in [-0.15, -0.1) is 0 Å². The van der Waals surface area contributed by atoms with E-state index in [0.29, 0.717) is 22.9 Å². The molecule has 7 heteroatoms. The molecule has 0 saturated carbocycles. The Hall–Kier alpha value is -2.70. The molecular formula is C12H11N3O4. The summed E-state index contributed by atoms with van der Waals surface area (Å²) in [6.45, 7) is 0.186. The Balaban J connectivity index is 1.71. The average Bonchev–Trinajstić information content (AvgIpc) is 2.87. The molecule has 7 nitrogen and oxygen atoms in total. The molecule has 0 atom stereocenters. The molecule has 0 fully saturated rings. The summed E-state index contributed by atoms with van der Waals surface area (Å²) in [4.78, 5) is 22.8. The maximum atomic E-state index is 11.9. The van der Waals surface area contributed by atoms with Crippen LogP contribution in [0.2, 0.25) is 0 Å². The molecular weight excluding hydrogens is 250 g/mol. The number of nitrogens with one attached hydrogen (secondary N) is 3. The highest BCUT2D eigenvalue weighted by Gasteiger charge is 2.17. The van der Waals surface area contributed by atoms with Crippen molar-refractivity contribution in [2.45, 2.75) is 6.42 Å². The predicted octanol–water partition coefficient (Wildman–Crippen LogP) is 0.262. The maximum Gasteiger partial charge on any atom is 0.273 e. The Morgan fingerprint density at radius 2 is 2.05 bits per heavy atom. The van der Waals surface area contributed by atoms with Crippen molar-refractivity contribution in [3.8, 4) is 11.5 Å². The highest BCUT2D eigenvalue weighted by molar-refractivity contribution is 6.04. The van der Waals surface area contributed by atoms with Crippen molar-refractivity contribution in [3.05, 3.63) is 30.0 Å². The first-order valence-corrected chi connectivity index (χ1v) is 5.68. The van der Waals surface area contributed by atoms with Crippen LogP contribution in [0, 0.1) is 0 Å². The van der Waals surface area contributed by atoms with Gasteiger partial charge in [0.1, 0.15) is 5.70 Å². The number of hydrogen-bond donors (Lipinski definition) is 3. The third kappa shape index (κ3) is 2.30. The molecule has 0 bridgehead atoms. The molecule has 0 aromatic heterocycles. The van der Waals surface area contributed by atoms with Crippen LogP contribution in [-0.4, -0.2) is 18.6 Å². The zero-order valence-electron chi connectivity index (χ0n) is 9.86. The van der Waals surface area contributed by atoms with Gasteiger partial charge in [0.05, 0.1) is 0 Å². The number of amides is 2. The van der Waals surface area contributed by atoms with E-state index in [1.807, 2.05) is 0 Å². The van der Waals surface area contributed by atoms with E-state index in [0.717, 1.165) is 0 Å². The number of rotatable bonds is 2. The van der Waals surface area contributed by atoms with E-state index in [2.05, 4.69) is 16.2 Å². The lowest BCUT2D eigenvalue weighted by molar-refractivity contribution is -0.121. The second-order valence-electron chi connectivity index (χ2n) is 4.02. The maximum absolute atomic E-state index is 11.9. The van der Waals surface area contributed by atoms with Crippen LogP contribution in [0.3, 0.4) is 0 Å². The van der Waals surface area contributed by atoms with E-state index >= 15 is 0 Å². The van der Waals surface area contributed by atoms with Gasteiger partial charge in [-0.05, 0) is 18.2 Å². The van der Waals surface area contributed by atoms with E-state index in [-0.39, 0.29) is 25.0 Å². The second-order valence-corrected chi connectivity index (χ2v) is 4.02. The molecule has 0 saturated heterocycles. The summed E-state index contributed by atoms with van der Waals surface area (Å²) in [6, 6.07) is 5.12. The molecule has 2 aliphatic rings. The van der Waals surface area contributed by atoms with Crippen molar-refractivity contribution in [3.63, 3.8) is 0 Å². The topological polar surface area (TPSA) is 88.7 Å². The molecule has 3 rings (SSSR count). The van der Waals surface area contributed by atoms with Crippen molar-refractivity contribution in [2.75, 3.05) is 12.1 Å². The largest absolute Gasteiger partial charge is 0.454 e. The van der Waals surface area contributed by atoms with Gasteiger partial charge in [-0.2, -0.15) is 0 Å². The lowest BCUT2D eigenvalue weighted by Gasteiger charge is -2.16. The van der Waals surface area contributed by atoms with Crippen LogP contribution >= 0.6 is 0 Å². The van der Waals surface area contributed by atoms with Gasteiger partial charge in [-0.1, -0.05) is 0 Å². The Labute approximate surface area is 108 Å². The molecule has 2 aliphatic heterocycles. The van der Waals surface area contributed by atoms with Crippen molar-refractivity contribution in [2.24, 2.45) is 0 Å². The summed E-state index contributed by atoms with van der Waals surface area (Å²) in [5.74, 6) is 0.732. The number of benzene rings is 1. The number of fused-ring (bicyclic) bond motifs is 1. The summed E-state index contributed by atoms with van der Waals surface area (Å²) >= 11 is 0. The number of ether oxygens (including phenoxy) is 2. The number of carbonyl (C=O) groups is 2. The minimum absolute atomic E-state index is 0.177. The van der Waals surface area contributed by atoms with Crippen LogP contribution in [0.5, 0.6) is 11.5 Å². The number of carbonyl (C=O) groups excluding carboxylic acids is 2. The van der Waals surface area contributed by atoms with Crippen molar-refractivity contribution >= 4 is 17.5 Å². The van der Waals surface area contributed by atoms with Crippen molar-refractivity contribution in [1.29, 1.82) is 0 Å². The Bertz CT molecular complexity index is 582. The van der Waals surface area contributed by atoms with Crippen molar-refractivity contribution < 1.29 is 19.1 Å². The van der Waals surface area contributed by atoms with Crippen LogP contribution in [0.1, 0.15) is 6.42 Å². The van der Waals surface area contributed by atoms with Crippen LogP contribution in [0.15, 0.2) is 30.0 Å². The van der Waals surface area contributed by atoms with E-state index in [1.54, 1.807) is 18.2 Å². The number of anilines is 1. The van der Waals surface area contributed by atoms with Crippen molar-refractivity contribution in [1.82, 2.24) is 10.9 Å². The Morgan fingerprint density at radius 1 is 1.21 bits per heavy atom. The molecule has 0 radical (unpaired) electrons. The second kappa shape index (κ2) is 4.52. The fraction of sp³-hybridized carbons (Fsp3) is 0.167. The predicted molar refractivity (Wildman–Crippen MR) is 65.2 cm³/mol. The standard InChI is InChI=1S/C12H11N3O4/c16-11-4-2-8(14-15-11)12(17)13-7-1-3-9-10(5-7)19-6-18-9/h1-3,5,14H,4,6H2,(H,13,17)(H,15,16). The monoisotopic (exact) mass is 261 g/mol. The first-order chi connectivity index (χ1) is 9.22. The van der Waals surface area contributed by atoms with Crippen LogP contribution in [0.25, 0.3) is 0 Å². The molecule has 98 valence electrons. The first kappa shape index (κ1) is 11.4. The van der Waals surface area contributed by atoms with Gasteiger partial charge in [-0.3, -0.25) is 20.4 Å². The summed E-state index contributed by atoms with van der Waals surface area (Å²) in [7, 11) is 0. The van der Waals surface area contributed by atoms with E-state index < -0.39 is 0 Å². The number of hydrazine groups is 1. The lowest BCUT2D eigenvalue weighted by atomic mass is 10.2. The molecule has 2 heterocycles. The summed E-state index contributed by atoms with van der Waals surface area (Å²) in [6.07, 6.45) is 1.71. The minimum Gasteiger partial charge on any atom is -0.454 e. The molecule has 1 aromatic carbocycles. The van der Waals surface area contributed by atoms with Gasteiger partial charge in [0.2, 0.25) is 12.7 Å². The summed E-state index contributed by atoms with van der Waals surface area (Å²) in [5, 5.41) is 2.70. The normalized spacial score (nSPS) is 16.2. The minimum atomic E-state index is -0.334. The quantitative estimate of drug-likeness (QED) is 0.710. The smallest absolute Gasteiger partial charge is 0.273 e. The number of hydrogen-bond acceptors (Lipinski definition) is 5. The van der Waals surface area contributed by atoms with Crippen LogP contribution in [0.4, 0.5) is 5.69 Å². The zero-order chi connectivity index (χ0) is 13.2. The van der Waals surface area contributed by atoms with Gasteiger partial charge >= 0.3 is 0 Å². The summed E-state index contributed by atoms with van der Waals surface area (Å²) in [5.41, 5.74) is 5.81. The van der Waals surface area contributed by atoms with Crippen LogP contribution < -0.4 is 25.6 Å². The molecule has 3 N–H and O–H groups in total. The van der Waals surface area contributed by atoms with Crippen LogP contribution in [-0.2, 0) is 9.59 Å². The molecule has 0 spiro atoms. The SMILES string of the molecule is O=C1CC=C(C(=O)Nc2ccc3c(c2)OCO3)NN1. The van der Waals surface area contributed by atoms with E-state index in [9.17, 15) is 9.59 Å². The fourth-order valence-electron chi connectivity index (χ4n) is 1.76. The molecule has 1 aromatic rings. The van der Waals surface area contributed by atoms with Gasteiger partial charge in [0, 0.05) is 18.2 Å². The first-order valence-electron chi connectivity index (χ1n) is 5.68. The van der Waals surface area contributed by atoms with Gasteiger partial charge in [0.25, 0.3) is 5.91 Å². The third-order valence-electron chi connectivity index (χ3n) is 2.70. The zero-order valence-corrected chi connectivity index (χ0v) is 9.86. The third-order valence-corrected chi connectivity index (χ3v) is 2.70.